The molecule has 3 rings (SSSR count). The van der Waals surface area contributed by atoms with Crippen molar-refractivity contribution >= 4 is 11.0 Å². The van der Waals surface area contributed by atoms with Gasteiger partial charge >= 0.3 is 5.69 Å². The van der Waals surface area contributed by atoms with Crippen LogP contribution in [0.1, 0.15) is 5.82 Å². The summed E-state index contributed by atoms with van der Waals surface area (Å²) in [7, 11) is 0. The van der Waals surface area contributed by atoms with Gasteiger partial charge in [-0.25, -0.2) is 19.3 Å². The molecule has 5 nitrogen and oxygen atoms in total. The largest absolute Gasteiger partial charge is 0.332 e. The predicted molar refractivity (Wildman–Crippen MR) is 64.2 cm³/mol. The molecular formula is C12H10N4O. The zero-order chi connectivity index (χ0) is 11.8. The number of para-hydroxylation sites is 2. The number of rotatable bonds is 1. The van der Waals surface area contributed by atoms with Crippen molar-refractivity contribution in [3.8, 4) is 5.82 Å². The van der Waals surface area contributed by atoms with Crippen LogP contribution in [0.25, 0.3) is 16.9 Å². The fourth-order valence-electron chi connectivity index (χ4n) is 1.85. The first kappa shape index (κ1) is 9.77. The maximum absolute atomic E-state index is 11.9. The molecule has 1 aromatic carbocycles. The Morgan fingerprint density at radius 3 is 2.88 bits per heavy atom. The number of aryl methyl sites for hydroxylation is 1. The van der Waals surface area contributed by atoms with Gasteiger partial charge in [0.25, 0.3) is 0 Å². The average molecular weight is 226 g/mol. The second kappa shape index (κ2) is 3.55. The highest BCUT2D eigenvalue weighted by atomic mass is 16.1. The summed E-state index contributed by atoms with van der Waals surface area (Å²) in [5, 5.41) is 0. The minimum absolute atomic E-state index is 0.190. The molecule has 0 aliphatic rings. The number of aromatic nitrogens is 4. The van der Waals surface area contributed by atoms with E-state index >= 15 is 0 Å². The van der Waals surface area contributed by atoms with Gasteiger partial charge in [0, 0.05) is 6.20 Å². The molecular weight excluding hydrogens is 216 g/mol. The lowest BCUT2D eigenvalue weighted by Crippen LogP contribution is -2.16. The molecule has 0 atom stereocenters. The Bertz CT molecular complexity index is 741. The van der Waals surface area contributed by atoms with E-state index in [0.29, 0.717) is 11.6 Å². The first-order chi connectivity index (χ1) is 8.25. The molecule has 0 amide bonds. The number of benzene rings is 1. The number of hydrogen-bond acceptors (Lipinski definition) is 3. The lowest BCUT2D eigenvalue weighted by atomic mass is 10.3. The maximum atomic E-state index is 11.9. The van der Waals surface area contributed by atoms with Gasteiger partial charge in [0.2, 0.25) is 0 Å². The summed E-state index contributed by atoms with van der Waals surface area (Å²) in [5.74, 6) is 1.22. The number of H-pyrrole nitrogens is 1. The van der Waals surface area contributed by atoms with Crippen molar-refractivity contribution in [1.82, 2.24) is 19.5 Å². The molecule has 5 heteroatoms. The van der Waals surface area contributed by atoms with Gasteiger partial charge in [-0.2, -0.15) is 0 Å². The maximum Gasteiger partial charge on any atom is 0.332 e. The second-order valence-electron chi connectivity index (χ2n) is 3.74. The van der Waals surface area contributed by atoms with Gasteiger partial charge in [0.15, 0.2) is 0 Å². The molecule has 2 aromatic heterocycles. The molecule has 0 radical (unpaired) electrons. The number of imidazole rings is 1. The topological polar surface area (TPSA) is 63.6 Å². The van der Waals surface area contributed by atoms with E-state index in [-0.39, 0.29) is 5.69 Å². The highest BCUT2D eigenvalue weighted by Gasteiger charge is 2.08. The fourth-order valence-corrected chi connectivity index (χ4v) is 1.85. The van der Waals surface area contributed by atoms with E-state index in [4.69, 9.17) is 0 Å². The number of aromatic amines is 1. The van der Waals surface area contributed by atoms with Gasteiger partial charge in [-0.1, -0.05) is 12.1 Å². The summed E-state index contributed by atoms with van der Waals surface area (Å²) >= 11 is 0. The lowest BCUT2D eigenvalue weighted by molar-refractivity contribution is 0.922. The average Bonchev–Trinajstić information content (AvgIpc) is 2.64. The van der Waals surface area contributed by atoms with E-state index in [2.05, 4.69) is 15.0 Å². The van der Waals surface area contributed by atoms with Gasteiger partial charge in [0.1, 0.15) is 11.6 Å². The van der Waals surface area contributed by atoms with E-state index in [9.17, 15) is 4.79 Å². The Morgan fingerprint density at radius 2 is 2.06 bits per heavy atom. The van der Waals surface area contributed by atoms with E-state index in [0.717, 1.165) is 11.0 Å². The molecule has 1 N–H and O–H groups in total. The zero-order valence-electron chi connectivity index (χ0n) is 9.21. The van der Waals surface area contributed by atoms with Crippen LogP contribution in [-0.4, -0.2) is 19.5 Å². The molecule has 17 heavy (non-hydrogen) atoms. The van der Waals surface area contributed by atoms with Crippen molar-refractivity contribution < 1.29 is 0 Å². The number of fused-ring (bicyclic) bond motifs is 1. The van der Waals surface area contributed by atoms with Crippen LogP contribution in [0, 0.1) is 6.92 Å². The Kier molecular flexibility index (Phi) is 2.04. The van der Waals surface area contributed by atoms with Crippen LogP contribution in [0.4, 0.5) is 0 Å². The highest BCUT2D eigenvalue weighted by Crippen LogP contribution is 2.12. The fraction of sp³-hybridized carbons (Fsp3) is 0.0833. The van der Waals surface area contributed by atoms with Crippen molar-refractivity contribution in [2.45, 2.75) is 6.92 Å². The molecule has 0 fully saturated rings. The van der Waals surface area contributed by atoms with Crippen molar-refractivity contribution in [2.24, 2.45) is 0 Å². The van der Waals surface area contributed by atoms with E-state index in [1.807, 2.05) is 24.3 Å². The molecule has 0 saturated heterocycles. The SMILES string of the molecule is Cc1nccc(-n2c(=O)[nH]c3ccccc32)n1. The summed E-state index contributed by atoms with van der Waals surface area (Å²) in [4.78, 5) is 23.0. The van der Waals surface area contributed by atoms with Crippen LogP contribution in [0.5, 0.6) is 0 Å². The van der Waals surface area contributed by atoms with Gasteiger partial charge in [-0.3, -0.25) is 0 Å². The monoisotopic (exact) mass is 226 g/mol. The van der Waals surface area contributed by atoms with Gasteiger partial charge in [0.05, 0.1) is 11.0 Å². The molecule has 0 spiro atoms. The van der Waals surface area contributed by atoms with E-state index in [1.54, 1.807) is 23.8 Å². The minimum Gasteiger partial charge on any atom is -0.305 e. The first-order valence-electron chi connectivity index (χ1n) is 5.25. The Morgan fingerprint density at radius 1 is 1.24 bits per heavy atom. The van der Waals surface area contributed by atoms with Crippen molar-refractivity contribution in [1.29, 1.82) is 0 Å². The number of nitrogens with zero attached hydrogens (tertiary/aromatic N) is 3. The molecule has 0 aliphatic carbocycles. The quantitative estimate of drug-likeness (QED) is 0.682. The third-order valence-corrected chi connectivity index (χ3v) is 2.58. The first-order valence-corrected chi connectivity index (χ1v) is 5.25. The summed E-state index contributed by atoms with van der Waals surface area (Å²) < 4.78 is 1.55. The minimum atomic E-state index is -0.190. The number of nitrogens with one attached hydrogen (secondary N) is 1. The smallest absolute Gasteiger partial charge is 0.305 e. The van der Waals surface area contributed by atoms with E-state index in [1.165, 1.54) is 0 Å². The summed E-state index contributed by atoms with van der Waals surface area (Å²) in [6.45, 7) is 1.80. The number of hydrogen-bond donors (Lipinski definition) is 1. The molecule has 2 heterocycles. The normalized spacial score (nSPS) is 10.9. The van der Waals surface area contributed by atoms with Gasteiger partial charge in [-0.05, 0) is 25.1 Å². The third kappa shape index (κ3) is 1.52. The standard InChI is InChI=1S/C12H10N4O/c1-8-13-7-6-11(14-8)16-10-5-3-2-4-9(10)15-12(16)17/h2-7H,1H3,(H,15,17). The summed E-state index contributed by atoms with van der Waals surface area (Å²) in [6, 6.07) is 9.23. The Hall–Kier alpha value is -2.43. The Balaban J connectivity index is 2.37. The molecule has 84 valence electrons. The van der Waals surface area contributed by atoms with Crippen LogP contribution in [-0.2, 0) is 0 Å². The van der Waals surface area contributed by atoms with Crippen molar-refractivity contribution in [2.75, 3.05) is 0 Å². The summed E-state index contributed by atoms with van der Waals surface area (Å²) in [6.07, 6.45) is 1.64. The molecule has 0 bridgehead atoms. The van der Waals surface area contributed by atoms with Crippen LogP contribution in [0.2, 0.25) is 0 Å². The molecule has 0 aliphatic heterocycles. The van der Waals surface area contributed by atoms with Crippen LogP contribution in [0.15, 0.2) is 41.3 Å². The molecule has 3 aromatic rings. The zero-order valence-corrected chi connectivity index (χ0v) is 9.21. The van der Waals surface area contributed by atoms with Gasteiger partial charge in [-0.15, -0.1) is 0 Å². The van der Waals surface area contributed by atoms with Crippen LogP contribution < -0.4 is 5.69 Å². The lowest BCUT2D eigenvalue weighted by Gasteiger charge is -2.02. The van der Waals surface area contributed by atoms with Crippen LogP contribution >= 0.6 is 0 Å². The van der Waals surface area contributed by atoms with Gasteiger partial charge < -0.3 is 4.98 Å². The van der Waals surface area contributed by atoms with Crippen molar-refractivity contribution in [3.63, 3.8) is 0 Å². The van der Waals surface area contributed by atoms with Crippen molar-refractivity contribution in [3.05, 3.63) is 52.8 Å². The third-order valence-electron chi connectivity index (χ3n) is 2.58. The second-order valence-corrected chi connectivity index (χ2v) is 3.74. The van der Waals surface area contributed by atoms with E-state index < -0.39 is 0 Å². The predicted octanol–water partition coefficient (Wildman–Crippen LogP) is 1.42. The molecule has 0 unspecified atom stereocenters. The molecule has 0 saturated carbocycles. The van der Waals surface area contributed by atoms with Crippen LogP contribution in [0.3, 0.4) is 0 Å². The Labute approximate surface area is 96.8 Å². The summed E-state index contributed by atoms with van der Waals surface area (Å²) in [5.41, 5.74) is 1.42. The highest BCUT2D eigenvalue weighted by molar-refractivity contribution is 5.76.